The molecule has 2 N–H and O–H groups in total. The van der Waals surface area contributed by atoms with Crippen molar-refractivity contribution in [1.82, 2.24) is 10.6 Å². The second-order valence-corrected chi connectivity index (χ2v) is 6.46. The highest BCUT2D eigenvalue weighted by Crippen LogP contribution is 2.36. The van der Waals surface area contributed by atoms with E-state index in [4.69, 9.17) is 21.1 Å². The van der Waals surface area contributed by atoms with E-state index in [1.54, 1.807) is 7.11 Å². The Labute approximate surface area is 149 Å². The average molecular weight is 355 g/mol. The van der Waals surface area contributed by atoms with Gasteiger partial charge in [-0.25, -0.2) is 0 Å². The van der Waals surface area contributed by atoms with Crippen LogP contribution >= 0.6 is 11.6 Å². The Morgan fingerprint density at radius 1 is 1.38 bits per heavy atom. The predicted molar refractivity (Wildman–Crippen MR) is 95.8 cm³/mol. The fourth-order valence-electron chi connectivity index (χ4n) is 2.95. The molecule has 1 aliphatic rings. The molecule has 1 fully saturated rings. The number of hydrogen-bond acceptors (Lipinski definition) is 4. The van der Waals surface area contributed by atoms with Crippen molar-refractivity contribution in [2.24, 2.45) is 5.92 Å². The van der Waals surface area contributed by atoms with Crippen LogP contribution in [-0.2, 0) is 11.3 Å². The first-order valence-electron chi connectivity index (χ1n) is 8.60. The largest absolute Gasteiger partial charge is 0.493 e. The zero-order valence-corrected chi connectivity index (χ0v) is 15.2. The Bertz CT molecular complexity index is 545. The summed E-state index contributed by atoms with van der Waals surface area (Å²) in [6.07, 6.45) is 3.87. The van der Waals surface area contributed by atoms with Gasteiger partial charge in [-0.2, -0.15) is 0 Å². The molecule has 0 spiro atoms. The second-order valence-electron chi connectivity index (χ2n) is 6.05. The van der Waals surface area contributed by atoms with E-state index in [1.807, 2.05) is 19.1 Å². The van der Waals surface area contributed by atoms with Crippen molar-refractivity contribution in [1.29, 1.82) is 0 Å². The van der Waals surface area contributed by atoms with E-state index in [1.165, 1.54) is 12.8 Å². The highest BCUT2D eigenvalue weighted by molar-refractivity contribution is 6.32. The van der Waals surface area contributed by atoms with Gasteiger partial charge in [-0.15, -0.1) is 0 Å². The summed E-state index contributed by atoms with van der Waals surface area (Å²) in [6, 6.07) is 3.66. The maximum absolute atomic E-state index is 12.1. The minimum Gasteiger partial charge on any atom is -0.493 e. The lowest BCUT2D eigenvalue weighted by atomic mass is 9.93. The normalized spacial score (nSPS) is 15.1. The molecular weight excluding hydrogens is 328 g/mol. The van der Waals surface area contributed by atoms with Crippen molar-refractivity contribution in [3.63, 3.8) is 0 Å². The number of methoxy groups -OCH3 is 1. The van der Waals surface area contributed by atoms with Gasteiger partial charge in [0.25, 0.3) is 0 Å². The third-order valence-electron chi connectivity index (χ3n) is 4.31. The summed E-state index contributed by atoms with van der Waals surface area (Å²) in [4.78, 5) is 12.1. The third kappa shape index (κ3) is 5.56. The van der Waals surface area contributed by atoms with Crippen molar-refractivity contribution in [2.75, 3.05) is 26.8 Å². The van der Waals surface area contributed by atoms with E-state index in [0.29, 0.717) is 42.0 Å². The predicted octanol–water partition coefficient (Wildman–Crippen LogP) is 3.14. The molecule has 5 nitrogen and oxygen atoms in total. The van der Waals surface area contributed by atoms with Gasteiger partial charge in [0.15, 0.2) is 11.5 Å². The van der Waals surface area contributed by atoms with Gasteiger partial charge in [0, 0.05) is 13.0 Å². The van der Waals surface area contributed by atoms with Gasteiger partial charge in [0.1, 0.15) is 0 Å². The van der Waals surface area contributed by atoms with E-state index in [2.05, 4.69) is 10.6 Å². The number of rotatable bonds is 8. The van der Waals surface area contributed by atoms with Gasteiger partial charge < -0.3 is 20.1 Å². The Morgan fingerprint density at radius 3 is 2.79 bits per heavy atom. The number of piperidine rings is 1. The van der Waals surface area contributed by atoms with E-state index in [9.17, 15) is 4.79 Å². The van der Waals surface area contributed by atoms with Gasteiger partial charge in [0.05, 0.1) is 18.7 Å². The maximum atomic E-state index is 12.1. The van der Waals surface area contributed by atoms with Crippen LogP contribution < -0.4 is 20.1 Å². The van der Waals surface area contributed by atoms with Crippen LogP contribution in [0.5, 0.6) is 11.5 Å². The molecule has 0 atom stereocenters. The molecule has 0 unspecified atom stereocenters. The summed E-state index contributed by atoms with van der Waals surface area (Å²) >= 11 is 6.25. The molecule has 1 aliphatic heterocycles. The van der Waals surface area contributed by atoms with Crippen LogP contribution in [0, 0.1) is 5.92 Å². The number of benzene rings is 1. The van der Waals surface area contributed by atoms with Gasteiger partial charge in [-0.3, -0.25) is 4.79 Å². The molecule has 134 valence electrons. The fourth-order valence-corrected chi connectivity index (χ4v) is 3.24. The van der Waals surface area contributed by atoms with Crippen LogP contribution in [0.25, 0.3) is 0 Å². The number of ether oxygens (including phenoxy) is 2. The van der Waals surface area contributed by atoms with E-state index in [0.717, 1.165) is 25.1 Å². The van der Waals surface area contributed by atoms with Crippen molar-refractivity contribution in [2.45, 2.75) is 39.2 Å². The van der Waals surface area contributed by atoms with Crippen LogP contribution in [0.2, 0.25) is 5.02 Å². The van der Waals surface area contributed by atoms with Crippen molar-refractivity contribution >= 4 is 17.5 Å². The number of carbonyl (C=O) groups is 1. The zero-order valence-electron chi connectivity index (χ0n) is 14.5. The molecule has 1 aromatic rings. The maximum Gasteiger partial charge on any atom is 0.220 e. The van der Waals surface area contributed by atoms with Gasteiger partial charge >= 0.3 is 0 Å². The van der Waals surface area contributed by atoms with Gasteiger partial charge in [-0.1, -0.05) is 11.6 Å². The number of halogens is 1. The number of nitrogens with one attached hydrogen (secondary N) is 2. The number of hydrogen-bond donors (Lipinski definition) is 2. The third-order valence-corrected chi connectivity index (χ3v) is 4.59. The van der Waals surface area contributed by atoms with Gasteiger partial charge in [0.2, 0.25) is 5.91 Å². The molecule has 0 saturated carbocycles. The smallest absolute Gasteiger partial charge is 0.220 e. The van der Waals surface area contributed by atoms with Crippen LogP contribution in [0.4, 0.5) is 0 Å². The van der Waals surface area contributed by atoms with E-state index in [-0.39, 0.29) is 5.91 Å². The molecule has 1 aromatic carbocycles. The standard InChI is InChI=1S/C18H27ClN2O3/c1-3-24-18-15(19)10-14(11-16(18)23-2)12-21-17(22)5-4-13-6-8-20-9-7-13/h10-11,13,20H,3-9,12H2,1-2H3,(H,21,22). The molecule has 0 radical (unpaired) electrons. The molecule has 1 heterocycles. The Balaban J connectivity index is 1.84. The summed E-state index contributed by atoms with van der Waals surface area (Å²) in [5.74, 6) is 1.88. The van der Waals surface area contributed by atoms with Crippen LogP contribution in [-0.4, -0.2) is 32.7 Å². The van der Waals surface area contributed by atoms with Crippen LogP contribution in [0.1, 0.15) is 38.2 Å². The van der Waals surface area contributed by atoms with E-state index >= 15 is 0 Å². The Kier molecular flexibility index (Phi) is 7.66. The minimum atomic E-state index is 0.0810. The highest BCUT2D eigenvalue weighted by Gasteiger charge is 2.15. The number of carbonyl (C=O) groups excluding carboxylic acids is 1. The minimum absolute atomic E-state index is 0.0810. The van der Waals surface area contributed by atoms with Crippen molar-refractivity contribution < 1.29 is 14.3 Å². The Hall–Kier alpha value is -1.46. The molecule has 0 bridgehead atoms. The van der Waals surface area contributed by atoms with Crippen molar-refractivity contribution in [3.8, 4) is 11.5 Å². The van der Waals surface area contributed by atoms with Gasteiger partial charge in [-0.05, 0) is 62.9 Å². The molecule has 6 heteroatoms. The molecule has 2 rings (SSSR count). The molecule has 0 aromatic heterocycles. The molecule has 1 amide bonds. The lowest BCUT2D eigenvalue weighted by molar-refractivity contribution is -0.121. The first-order chi connectivity index (χ1) is 11.6. The monoisotopic (exact) mass is 354 g/mol. The van der Waals surface area contributed by atoms with Crippen molar-refractivity contribution in [3.05, 3.63) is 22.7 Å². The first kappa shape index (κ1) is 18.9. The number of amides is 1. The van der Waals surface area contributed by atoms with E-state index < -0.39 is 0 Å². The zero-order chi connectivity index (χ0) is 17.4. The summed E-state index contributed by atoms with van der Waals surface area (Å²) in [7, 11) is 1.58. The lowest BCUT2D eigenvalue weighted by Gasteiger charge is -2.22. The highest BCUT2D eigenvalue weighted by atomic mass is 35.5. The quantitative estimate of drug-likeness (QED) is 0.753. The molecular formula is C18H27ClN2O3. The summed E-state index contributed by atoms with van der Waals surface area (Å²) < 4.78 is 10.8. The van der Waals surface area contributed by atoms with Crippen LogP contribution in [0.15, 0.2) is 12.1 Å². The molecule has 0 aliphatic carbocycles. The fraction of sp³-hybridized carbons (Fsp3) is 0.611. The summed E-state index contributed by atoms with van der Waals surface area (Å²) in [5, 5.41) is 6.80. The average Bonchev–Trinajstić information content (AvgIpc) is 2.61. The summed E-state index contributed by atoms with van der Waals surface area (Å²) in [5.41, 5.74) is 0.899. The Morgan fingerprint density at radius 2 is 2.12 bits per heavy atom. The molecule has 1 saturated heterocycles. The topological polar surface area (TPSA) is 59.6 Å². The summed E-state index contributed by atoms with van der Waals surface area (Å²) in [6.45, 7) is 4.98. The SMILES string of the molecule is CCOc1c(Cl)cc(CNC(=O)CCC2CCNCC2)cc1OC. The second kappa shape index (κ2) is 9.74. The van der Waals surface area contributed by atoms with Crippen LogP contribution in [0.3, 0.4) is 0 Å². The molecule has 24 heavy (non-hydrogen) atoms. The lowest BCUT2D eigenvalue weighted by Crippen LogP contribution is -2.29. The first-order valence-corrected chi connectivity index (χ1v) is 8.98.